The van der Waals surface area contributed by atoms with E-state index in [0.717, 1.165) is 36.6 Å². The monoisotopic (exact) mass is 567 g/mol. The molecule has 0 spiro atoms. The van der Waals surface area contributed by atoms with E-state index >= 15 is 0 Å². The minimum atomic E-state index is -4.64. The highest BCUT2D eigenvalue weighted by Gasteiger charge is 2.33. The summed E-state index contributed by atoms with van der Waals surface area (Å²) in [4.78, 5) is 11.1. The van der Waals surface area contributed by atoms with Gasteiger partial charge in [-0.05, 0) is 30.7 Å². The number of hydrogen-bond donors (Lipinski definition) is 2. The van der Waals surface area contributed by atoms with Crippen LogP contribution < -0.4 is 15.5 Å². The number of aliphatic imine (C=N–C) groups is 1. The molecule has 1 aliphatic rings. The molecule has 32 heavy (non-hydrogen) atoms. The number of ether oxygens (including phenoxy) is 1. The second kappa shape index (κ2) is 12.2. The Bertz CT molecular complexity index is 904. The van der Waals surface area contributed by atoms with E-state index in [2.05, 4.69) is 25.5 Å². The highest BCUT2D eigenvalue weighted by Crippen LogP contribution is 2.32. The summed E-state index contributed by atoms with van der Waals surface area (Å²) in [5.74, 6) is 0.254. The summed E-state index contributed by atoms with van der Waals surface area (Å²) in [7, 11) is 0. The standard InChI is InChI=1S/C21H25F4N5O.HI/c1-2-26-20(28-13-15-5-6-17(22)12-18(15)21(23,24)25)29-14-16-4-3-7-27-19(16)30-8-10-31-11-9-30;/h3-7,12H,2,8-11,13-14H2,1H3,(H2,26,28,29);1H. The summed E-state index contributed by atoms with van der Waals surface area (Å²) < 4.78 is 58.4. The molecule has 1 fully saturated rings. The number of hydrogen-bond acceptors (Lipinski definition) is 4. The maximum absolute atomic E-state index is 13.3. The number of benzene rings is 1. The summed E-state index contributed by atoms with van der Waals surface area (Å²) >= 11 is 0. The van der Waals surface area contributed by atoms with E-state index in [4.69, 9.17) is 4.74 Å². The van der Waals surface area contributed by atoms with Gasteiger partial charge in [-0.15, -0.1) is 24.0 Å². The molecular formula is C21H26F4IN5O. The fourth-order valence-corrected chi connectivity index (χ4v) is 3.27. The molecule has 0 amide bonds. The van der Waals surface area contributed by atoms with Gasteiger partial charge in [0.25, 0.3) is 0 Å². The Morgan fingerprint density at radius 1 is 1.16 bits per heavy atom. The number of rotatable bonds is 6. The first-order valence-corrected chi connectivity index (χ1v) is 10.0. The van der Waals surface area contributed by atoms with Gasteiger partial charge in [-0.2, -0.15) is 13.2 Å². The Morgan fingerprint density at radius 3 is 2.59 bits per heavy atom. The highest BCUT2D eigenvalue weighted by atomic mass is 127. The van der Waals surface area contributed by atoms with Crippen molar-refractivity contribution in [3.05, 3.63) is 59.0 Å². The van der Waals surface area contributed by atoms with Gasteiger partial charge in [0.15, 0.2) is 5.96 Å². The van der Waals surface area contributed by atoms with Gasteiger partial charge in [-0.25, -0.2) is 14.4 Å². The summed E-state index contributed by atoms with van der Waals surface area (Å²) in [5.41, 5.74) is -0.160. The van der Waals surface area contributed by atoms with Gasteiger partial charge in [0.2, 0.25) is 0 Å². The van der Waals surface area contributed by atoms with Gasteiger partial charge in [0.05, 0.1) is 25.3 Å². The number of halogens is 5. The summed E-state index contributed by atoms with van der Waals surface area (Å²) in [5, 5.41) is 5.92. The third-order valence-corrected chi connectivity index (χ3v) is 4.75. The van der Waals surface area contributed by atoms with Crippen LogP contribution in [0.4, 0.5) is 23.4 Å². The molecule has 0 unspecified atom stereocenters. The smallest absolute Gasteiger partial charge is 0.378 e. The number of aromatic nitrogens is 1. The SMILES string of the molecule is CCNC(=NCc1cccnc1N1CCOCC1)NCc1ccc(F)cc1C(F)(F)F.I. The molecule has 2 heterocycles. The van der Waals surface area contributed by atoms with Crippen molar-refractivity contribution in [3.8, 4) is 0 Å². The molecule has 0 bridgehead atoms. The molecule has 0 atom stereocenters. The Morgan fingerprint density at radius 2 is 1.91 bits per heavy atom. The van der Waals surface area contributed by atoms with Crippen molar-refractivity contribution in [3.63, 3.8) is 0 Å². The minimum absolute atomic E-state index is 0. The lowest BCUT2D eigenvalue weighted by Crippen LogP contribution is -2.38. The molecule has 1 aromatic carbocycles. The van der Waals surface area contributed by atoms with Crippen molar-refractivity contribution < 1.29 is 22.3 Å². The van der Waals surface area contributed by atoms with Crippen molar-refractivity contribution in [1.29, 1.82) is 0 Å². The van der Waals surface area contributed by atoms with Gasteiger partial charge in [0.1, 0.15) is 11.6 Å². The Hall–Kier alpha value is -2.15. The zero-order valence-electron chi connectivity index (χ0n) is 17.6. The van der Waals surface area contributed by atoms with Gasteiger partial charge in [0, 0.05) is 37.9 Å². The molecule has 3 rings (SSSR count). The van der Waals surface area contributed by atoms with Gasteiger partial charge in [-0.3, -0.25) is 0 Å². The first kappa shape index (κ1) is 26.1. The van der Waals surface area contributed by atoms with Crippen LogP contribution in [0, 0.1) is 5.82 Å². The average molecular weight is 567 g/mol. The predicted molar refractivity (Wildman–Crippen MR) is 126 cm³/mol. The molecule has 1 saturated heterocycles. The maximum atomic E-state index is 13.3. The second-order valence-electron chi connectivity index (χ2n) is 6.93. The van der Waals surface area contributed by atoms with E-state index in [1.165, 1.54) is 0 Å². The average Bonchev–Trinajstić information content (AvgIpc) is 2.76. The number of alkyl halides is 3. The van der Waals surface area contributed by atoms with Crippen LogP contribution in [0.3, 0.4) is 0 Å². The van der Waals surface area contributed by atoms with Crippen LogP contribution in [-0.4, -0.2) is 43.8 Å². The Kier molecular flexibility index (Phi) is 9.94. The lowest BCUT2D eigenvalue weighted by Gasteiger charge is -2.29. The van der Waals surface area contributed by atoms with Crippen LogP contribution in [0.15, 0.2) is 41.5 Å². The fraction of sp³-hybridized carbons (Fsp3) is 0.429. The number of pyridine rings is 1. The molecule has 0 saturated carbocycles. The zero-order chi connectivity index (χ0) is 22.3. The lowest BCUT2D eigenvalue weighted by atomic mass is 10.1. The van der Waals surface area contributed by atoms with E-state index in [-0.39, 0.29) is 36.1 Å². The highest BCUT2D eigenvalue weighted by molar-refractivity contribution is 14.0. The van der Waals surface area contributed by atoms with Crippen LogP contribution >= 0.6 is 24.0 Å². The molecule has 0 radical (unpaired) electrons. The second-order valence-corrected chi connectivity index (χ2v) is 6.93. The van der Waals surface area contributed by atoms with E-state index in [9.17, 15) is 17.6 Å². The van der Waals surface area contributed by atoms with Crippen LogP contribution in [0.25, 0.3) is 0 Å². The maximum Gasteiger partial charge on any atom is 0.416 e. The van der Waals surface area contributed by atoms with Crippen molar-refractivity contribution >= 4 is 35.8 Å². The summed E-state index contributed by atoms with van der Waals surface area (Å²) in [6.45, 7) is 5.26. The lowest BCUT2D eigenvalue weighted by molar-refractivity contribution is -0.138. The molecule has 2 aromatic rings. The number of morpholine rings is 1. The quantitative estimate of drug-likeness (QED) is 0.240. The van der Waals surface area contributed by atoms with E-state index in [0.29, 0.717) is 38.3 Å². The van der Waals surface area contributed by atoms with Crippen LogP contribution in [-0.2, 0) is 24.0 Å². The third-order valence-electron chi connectivity index (χ3n) is 4.75. The van der Waals surface area contributed by atoms with Crippen LogP contribution in [0.1, 0.15) is 23.6 Å². The number of anilines is 1. The molecular weight excluding hydrogens is 541 g/mol. The minimum Gasteiger partial charge on any atom is -0.378 e. The number of nitrogens with one attached hydrogen (secondary N) is 2. The molecule has 176 valence electrons. The van der Waals surface area contributed by atoms with Gasteiger partial charge >= 0.3 is 6.18 Å². The van der Waals surface area contributed by atoms with Crippen molar-refractivity contribution in [2.24, 2.45) is 4.99 Å². The molecule has 1 aromatic heterocycles. The number of guanidine groups is 1. The Balaban J connectivity index is 0.00000363. The van der Waals surface area contributed by atoms with Crippen LogP contribution in [0.2, 0.25) is 0 Å². The molecule has 11 heteroatoms. The van der Waals surface area contributed by atoms with Crippen molar-refractivity contribution in [1.82, 2.24) is 15.6 Å². The summed E-state index contributed by atoms with van der Waals surface area (Å²) in [6.07, 6.45) is -2.92. The molecule has 0 aliphatic carbocycles. The fourth-order valence-electron chi connectivity index (χ4n) is 3.27. The van der Waals surface area contributed by atoms with E-state index in [1.807, 2.05) is 19.1 Å². The first-order chi connectivity index (χ1) is 14.9. The topological polar surface area (TPSA) is 61.8 Å². The van der Waals surface area contributed by atoms with Gasteiger partial charge in [-0.1, -0.05) is 12.1 Å². The molecule has 6 nitrogen and oxygen atoms in total. The Labute approximate surface area is 201 Å². The predicted octanol–water partition coefficient (Wildman–Crippen LogP) is 3.95. The van der Waals surface area contributed by atoms with Crippen LogP contribution in [0.5, 0.6) is 0 Å². The van der Waals surface area contributed by atoms with Crippen molar-refractivity contribution in [2.45, 2.75) is 26.2 Å². The third kappa shape index (κ3) is 7.19. The molecule has 1 aliphatic heterocycles. The van der Waals surface area contributed by atoms with Crippen molar-refractivity contribution in [2.75, 3.05) is 37.7 Å². The van der Waals surface area contributed by atoms with E-state index < -0.39 is 17.6 Å². The summed E-state index contributed by atoms with van der Waals surface area (Å²) in [6, 6.07) is 6.40. The first-order valence-electron chi connectivity index (χ1n) is 10.0. The van der Waals surface area contributed by atoms with E-state index in [1.54, 1.807) is 6.20 Å². The molecule has 2 N–H and O–H groups in total. The normalized spacial score (nSPS) is 14.7. The van der Waals surface area contributed by atoms with Gasteiger partial charge < -0.3 is 20.3 Å². The zero-order valence-corrected chi connectivity index (χ0v) is 19.9. The number of nitrogens with zero attached hydrogens (tertiary/aromatic N) is 3. The largest absolute Gasteiger partial charge is 0.416 e.